The molecule has 0 amide bonds. The summed E-state index contributed by atoms with van der Waals surface area (Å²) < 4.78 is 6.32. The van der Waals surface area contributed by atoms with Crippen molar-refractivity contribution in [2.24, 2.45) is 0 Å². The van der Waals surface area contributed by atoms with Gasteiger partial charge in [0.1, 0.15) is 0 Å². The summed E-state index contributed by atoms with van der Waals surface area (Å²) in [6.45, 7) is 1.99. The topological polar surface area (TPSA) is 95.1 Å². The number of nitrogens with zero attached hydrogens (tertiary/aromatic N) is 5. The highest BCUT2D eigenvalue weighted by Gasteiger charge is 2.15. The fourth-order valence-electron chi connectivity index (χ4n) is 1.50. The van der Waals surface area contributed by atoms with Crippen LogP contribution in [-0.4, -0.2) is 24.9 Å². The van der Waals surface area contributed by atoms with E-state index in [0.717, 1.165) is 11.2 Å². The molecule has 0 atom stereocenters. The molecule has 7 nitrogen and oxygen atoms in total. The van der Waals surface area contributed by atoms with E-state index in [4.69, 9.17) is 5.73 Å². The van der Waals surface area contributed by atoms with Crippen molar-refractivity contribution in [3.8, 4) is 11.5 Å². The van der Waals surface area contributed by atoms with Crippen LogP contribution in [0.1, 0.15) is 5.56 Å². The first-order valence-corrected chi connectivity index (χ1v) is 4.65. The van der Waals surface area contributed by atoms with E-state index in [2.05, 4.69) is 25.1 Å². The average molecular weight is 216 g/mol. The highest BCUT2D eigenvalue weighted by molar-refractivity contribution is 5.65. The molecule has 0 aliphatic carbocycles. The Morgan fingerprint density at radius 1 is 1.31 bits per heavy atom. The van der Waals surface area contributed by atoms with Gasteiger partial charge in [0.15, 0.2) is 23.0 Å². The Morgan fingerprint density at radius 2 is 2.19 bits per heavy atom. The van der Waals surface area contributed by atoms with Gasteiger partial charge in [-0.3, -0.25) is 4.40 Å². The molecule has 3 aromatic heterocycles. The number of fused-ring (bicyclic) bond motifs is 1. The largest absolute Gasteiger partial charge is 0.379 e. The highest BCUT2D eigenvalue weighted by Crippen LogP contribution is 2.20. The standard InChI is InChI=1S/C9H8N6O/c1-5-2-3-15-6(4-5)11-12-9(15)7-8(10)14-16-13-7/h2-4H,1H3,(H2,10,14). The van der Waals surface area contributed by atoms with Crippen molar-refractivity contribution in [3.63, 3.8) is 0 Å². The maximum atomic E-state index is 5.60. The lowest BCUT2D eigenvalue weighted by Gasteiger charge is -1.96. The minimum Gasteiger partial charge on any atom is -0.379 e. The number of aromatic nitrogens is 5. The molecule has 0 bridgehead atoms. The number of hydrogen-bond acceptors (Lipinski definition) is 6. The summed E-state index contributed by atoms with van der Waals surface area (Å²) in [4.78, 5) is 0. The maximum Gasteiger partial charge on any atom is 0.199 e. The van der Waals surface area contributed by atoms with Gasteiger partial charge in [-0.2, -0.15) is 0 Å². The highest BCUT2D eigenvalue weighted by atomic mass is 16.6. The molecule has 0 unspecified atom stereocenters. The van der Waals surface area contributed by atoms with Gasteiger partial charge in [-0.05, 0) is 34.9 Å². The van der Waals surface area contributed by atoms with Gasteiger partial charge in [0.2, 0.25) is 0 Å². The Labute approximate surface area is 89.9 Å². The van der Waals surface area contributed by atoms with Crippen LogP contribution in [0.5, 0.6) is 0 Å². The number of nitrogen functional groups attached to an aromatic ring is 1. The van der Waals surface area contributed by atoms with Crippen LogP contribution in [-0.2, 0) is 0 Å². The number of rotatable bonds is 1. The fourth-order valence-corrected chi connectivity index (χ4v) is 1.50. The zero-order valence-corrected chi connectivity index (χ0v) is 8.45. The predicted molar refractivity (Wildman–Crippen MR) is 55.4 cm³/mol. The lowest BCUT2D eigenvalue weighted by molar-refractivity contribution is 0.310. The van der Waals surface area contributed by atoms with Gasteiger partial charge in [0.25, 0.3) is 0 Å². The monoisotopic (exact) mass is 216 g/mol. The van der Waals surface area contributed by atoms with E-state index in [1.54, 1.807) is 4.40 Å². The quantitative estimate of drug-likeness (QED) is 0.642. The molecule has 2 N–H and O–H groups in total. The van der Waals surface area contributed by atoms with Crippen LogP contribution < -0.4 is 5.73 Å². The maximum absolute atomic E-state index is 5.60. The molecule has 0 saturated heterocycles. The zero-order chi connectivity index (χ0) is 11.1. The molecule has 3 rings (SSSR count). The molecule has 0 aromatic carbocycles. The normalized spacial score (nSPS) is 11.1. The molecule has 3 aromatic rings. The second-order valence-electron chi connectivity index (χ2n) is 3.45. The van der Waals surface area contributed by atoms with E-state index >= 15 is 0 Å². The van der Waals surface area contributed by atoms with Crippen molar-refractivity contribution < 1.29 is 4.63 Å². The third kappa shape index (κ3) is 1.14. The average Bonchev–Trinajstić information content (AvgIpc) is 2.83. The van der Waals surface area contributed by atoms with Crippen molar-refractivity contribution in [1.29, 1.82) is 0 Å². The molecular formula is C9H8N6O. The van der Waals surface area contributed by atoms with Gasteiger partial charge in [-0.15, -0.1) is 10.2 Å². The summed E-state index contributed by atoms with van der Waals surface area (Å²) in [5, 5.41) is 15.2. The number of anilines is 1. The van der Waals surface area contributed by atoms with Gasteiger partial charge in [-0.25, -0.2) is 4.63 Å². The molecule has 80 valence electrons. The Balaban J connectivity index is 2.30. The molecule has 0 fully saturated rings. The predicted octanol–water partition coefficient (Wildman–Crippen LogP) is 0.670. The van der Waals surface area contributed by atoms with Crippen LogP contribution in [0.4, 0.5) is 5.82 Å². The Hall–Kier alpha value is -2.44. The van der Waals surface area contributed by atoms with Crippen LogP contribution in [0.25, 0.3) is 17.2 Å². The number of hydrogen-bond donors (Lipinski definition) is 1. The Bertz CT molecular complexity index is 655. The first-order valence-electron chi connectivity index (χ1n) is 4.65. The molecule has 0 radical (unpaired) electrons. The number of nitrogens with two attached hydrogens (primary N) is 1. The van der Waals surface area contributed by atoms with Crippen LogP contribution in [0.15, 0.2) is 23.0 Å². The van der Waals surface area contributed by atoms with Crippen molar-refractivity contribution >= 4 is 11.5 Å². The summed E-state index contributed by atoms with van der Waals surface area (Å²) in [5.41, 5.74) is 7.85. The molecule has 0 aliphatic rings. The summed E-state index contributed by atoms with van der Waals surface area (Å²) in [7, 11) is 0. The van der Waals surface area contributed by atoms with Crippen LogP contribution >= 0.6 is 0 Å². The summed E-state index contributed by atoms with van der Waals surface area (Å²) in [5.74, 6) is 0.726. The van der Waals surface area contributed by atoms with E-state index in [9.17, 15) is 0 Å². The molecular weight excluding hydrogens is 208 g/mol. The van der Waals surface area contributed by atoms with Crippen LogP contribution in [0.2, 0.25) is 0 Å². The van der Waals surface area contributed by atoms with Gasteiger partial charge < -0.3 is 5.73 Å². The molecule has 16 heavy (non-hydrogen) atoms. The van der Waals surface area contributed by atoms with Gasteiger partial charge in [0.05, 0.1) is 0 Å². The van der Waals surface area contributed by atoms with Crippen LogP contribution in [0, 0.1) is 6.92 Å². The molecule has 0 spiro atoms. The lowest BCUT2D eigenvalue weighted by Crippen LogP contribution is -1.94. The fraction of sp³-hybridized carbons (Fsp3) is 0.111. The van der Waals surface area contributed by atoms with Crippen molar-refractivity contribution in [3.05, 3.63) is 23.9 Å². The lowest BCUT2D eigenvalue weighted by atomic mass is 10.3. The SMILES string of the molecule is Cc1ccn2c(-c3nonc3N)nnc2c1. The van der Waals surface area contributed by atoms with E-state index < -0.39 is 0 Å². The molecule has 0 saturated carbocycles. The third-order valence-electron chi connectivity index (χ3n) is 2.29. The van der Waals surface area contributed by atoms with Gasteiger partial charge in [0, 0.05) is 6.20 Å². The smallest absolute Gasteiger partial charge is 0.199 e. The Kier molecular flexibility index (Phi) is 1.67. The Morgan fingerprint density at radius 3 is 2.94 bits per heavy atom. The van der Waals surface area contributed by atoms with E-state index in [1.165, 1.54) is 0 Å². The van der Waals surface area contributed by atoms with Crippen molar-refractivity contribution in [2.45, 2.75) is 6.92 Å². The van der Waals surface area contributed by atoms with Crippen molar-refractivity contribution in [2.75, 3.05) is 5.73 Å². The molecule has 0 aliphatic heterocycles. The van der Waals surface area contributed by atoms with Crippen LogP contribution in [0.3, 0.4) is 0 Å². The number of aryl methyl sites for hydroxylation is 1. The second kappa shape index (κ2) is 3.02. The first-order chi connectivity index (χ1) is 7.75. The van der Waals surface area contributed by atoms with E-state index in [1.807, 2.05) is 25.3 Å². The summed E-state index contributed by atoms with van der Waals surface area (Å²) >= 11 is 0. The first kappa shape index (κ1) is 8.84. The van der Waals surface area contributed by atoms with E-state index in [0.29, 0.717) is 11.5 Å². The summed E-state index contributed by atoms with van der Waals surface area (Å²) in [6, 6.07) is 3.86. The second-order valence-corrected chi connectivity index (χ2v) is 3.45. The van der Waals surface area contributed by atoms with Crippen molar-refractivity contribution in [1.82, 2.24) is 24.9 Å². The minimum absolute atomic E-state index is 0.204. The summed E-state index contributed by atoms with van der Waals surface area (Å²) in [6.07, 6.45) is 1.86. The third-order valence-corrected chi connectivity index (χ3v) is 2.29. The molecule has 3 heterocycles. The van der Waals surface area contributed by atoms with E-state index in [-0.39, 0.29) is 5.82 Å². The number of pyridine rings is 1. The van der Waals surface area contributed by atoms with Gasteiger partial charge >= 0.3 is 0 Å². The zero-order valence-electron chi connectivity index (χ0n) is 8.45. The van der Waals surface area contributed by atoms with Gasteiger partial charge in [-0.1, -0.05) is 0 Å². The minimum atomic E-state index is 0.204. The molecule has 7 heteroatoms.